The van der Waals surface area contributed by atoms with Gasteiger partial charge in [0.05, 0.1) is 17.9 Å². The standard InChI is InChI=1S/C42H69N3O6/c1-26(2)27-16-21-42(37(51)44-24-12-10-8-9-11-13-33(47)45-34(48)25-29(43)36(49)50)23-22-40(6)28(35(27)42)14-15-31-39(5)19-18-32(46)38(3,4)30(39)17-20-41(31,40)7/h27-32,35,46H,1,8-25,43H2,2-7H3,(H,44,51)(H,49,50)(H,45,47,48)/t27-,28+,29-,30-,31?,32-,35+,39-,40+,41+,42-/m0/s1. The van der Waals surface area contributed by atoms with E-state index in [1.807, 2.05) is 0 Å². The highest BCUT2D eigenvalue weighted by Crippen LogP contribution is 2.77. The van der Waals surface area contributed by atoms with Crippen molar-refractivity contribution in [3.63, 3.8) is 0 Å². The van der Waals surface area contributed by atoms with Gasteiger partial charge < -0.3 is 21.3 Å². The predicted octanol–water partition coefficient (Wildman–Crippen LogP) is 6.91. The lowest BCUT2D eigenvalue weighted by atomic mass is 9.32. The van der Waals surface area contributed by atoms with E-state index in [9.17, 15) is 24.3 Å². The molecule has 1 unspecified atom stereocenters. The van der Waals surface area contributed by atoms with Crippen LogP contribution < -0.4 is 16.4 Å². The summed E-state index contributed by atoms with van der Waals surface area (Å²) in [6.07, 6.45) is 14.7. The number of amides is 3. The molecule has 5 saturated carbocycles. The number of hydrogen-bond donors (Lipinski definition) is 5. The number of aliphatic carboxylic acids is 1. The van der Waals surface area contributed by atoms with Crippen molar-refractivity contribution < 1.29 is 29.4 Å². The number of carboxylic acid groups (broad SMARTS) is 1. The molecule has 11 atom stereocenters. The lowest BCUT2D eigenvalue weighted by molar-refractivity contribution is -0.246. The second kappa shape index (κ2) is 14.9. The Morgan fingerprint density at radius 1 is 0.804 bits per heavy atom. The third-order valence-electron chi connectivity index (χ3n) is 16.4. The fourth-order valence-electron chi connectivity index (χ4n) is 13.4. The average molecular weight is 712 g/mol. The van der Waals surface area contributed by atoms with Crippen LogP contribution in [0.25, 0.3) is 0 Å². The zero-order valence-corrected chi connectivity index (χ0v) is 32.6. The molecule has 5 aliphatic carbocycles. The van der Waals surface area contributed by atoms with E-state index in [0.29, 0.717) is 42.6 Å². The summed E-state index contributed by atoms with van der Waals surface area (Å²) in [6.45, 7) is 19.8. The smallest absolute Gasteiger partial charge is 0.321 e. The number of allylic oxidation sites excluding steroid dienone is 1. The number of nitrogens with two attached hydrogens (primary N) is 1. The van der Waals surface area contributed by atoms with Crippen LogP contribution in [0.4, 0.5) is 0 Å². The molecule has 0 radical (unpaired) electrons. The molecule has 0 spiro atoms. The molecule has 0 aromatic heterocycles. The van der Waals surface area contributed by atoms with E-state index < -0.39 is 30.2 Å². The van der Waals surface area contributed by atoms with E-state index in [1.54, 1.807) is 0 Å². The van der Waals surface area contributed by atoms with Gasteiger partial charge in [-0.25, -0.2) is 0 Å². The number of aliphatic hydroxyl groups excluding tert-OH is 1. The minimum Gasteiger partial charge on any atom is -0.480 e. The fourth-order valence-corrected chi connectivity index (χ4v) is 13.4. The van der Waals surface area contributed by atoms with Crippen LogP contribution in [0, 0.1) is 56.7 Å². The van der Waals surface area contributed by atoms with Crippen LogP contribution in [-0.4, -0.2) is 52.6 Å². The minimum atomic E-state index is -1.32. The molecule has 0 saturated heterocycles. The summed E-state index contributed by atoms with van der Waals surface area (Å²) in [7, 11) is 0. The Labute approximate surface area is 307 Å². The number of unbranched alkanes of at least 4 members (excludes halogenated alkanes) is 4. The second-order valence-corrected chi connectivity index (χ2v) is 19.1. The van der Waals surface area contributed by atoms with Crippen LogP contribution in [0.15, 0.2) is 12.2 Å². The molecule has 6 N–H and O–H groups in total. The zero-order valence-electron chi connectivity index (χ0n) is 32.6. The van der Waals surface area contributed by atoms with Gasteiger partial charge >= 0.3 is 5.97 Å². The van der Waals surface area contributed by atoms with Crippen LogP contribution >= 0.6 is 0 Å². The molecular formula is C42H69N3O6. The number of hydrogen-bond acceptors (Lipinski definition) is 6. The first-order valence-corrected chi connectivity index (χ1v) is 20.3. The van der Waals surface area contributed by atoms with Gasteiger partial charge in [0, 0.05) is 13.0 Å². The Kier molecular flexibility index (Phi) is 11.6. The summed E-state index contributed by atoms with van der Waals surface area (Å²) in [5.41, 5.74) is 6.85. The van der Waals surface area contributed by atoms with Crippen LogP contribution in [0.2, 0.25) is 0 Å². The number of aliphatic hydroxyl groups is 1. The lowest BCUT2D eigenvalue weighted by Gasteiger charge is -2.72. The minimum absolute atomic E-state index is 0.0540. The number of rotatable bonds is 13. The summed E-state index contributed by atoms with van der Waals surface area (Å²) in [5.74, 6) is 0.319. The molecule has 0 aliphatic heterocycles. The highest BCUT2D eigenvalue weighted by molar-refractivity contribution is 5.96. The summed E-state index contributed by atoms with van der Waals surface area (Å²) >= 11 is 0. The van der Waals surface area contributed by atoms with Crippen molar-refractivity contribution in [3.05, 3.63) is 12.2 Å². The van der Waals surface area contributed by atoms with Crippen molar-refractivity contribution in [2.75, 3.05) is 6.54 Å². The van der Waals surface area contributed by atoms with Gasteiger partial charge in [0.2, 0.25) is 17.7 Å². The topological polar surface area (TPSA) is 159 Å². The van der Waals surface area contributed by atoms with Crippen LogP contribution in [0.5, 0.6) is 0 Å². The third kappa shape index (κ3) is 6.97. The van der Waals surface area contributed by atoms with E-state index >= 15 is 0 Å². The predicted molar refractivity (Wildman–Crippen MR) is 199 cm³/mol. The molecule has 0 aromatic carbocycles. The van der Waals surface area contributed by atoms with Gasteiger partial charge in [-0.3, -0.25) is 24.5 Å². The maximum Gasteiger partial charge on any atom is 0.321 e. The molecule has 5 fully saturated rings. The second-order valence-electron chi connectivity index (χ2n) is 19.1. The van der Waals surface area contributed by atoms with Crippen molar-refractivity contribution in [3.8, 4) is 0 Å². The monoisotopic (exact) mass is 712 g/mol. The highest BCUT2D eigenvalue weighted by atomic mass is 16.4. The molecule has 0 heterocycles. The molecule has 3 amide bonds. The molecule has 9 nitrogen and oxygen atoms in total. The molecule has 51 heavy (non-hydrogen) atoms. The number of carbonyl (C=O) groups is 4. The Hall–Kier alpha value is -2.26. The van der Waals surface area contributed by atoms with E-state index in [4.69, 9.17) is 10.8 Å². The molecule has 0 bridgehead atoms. The SMILES string of the molecule is C=C(C)[C@@H]1CC[C@]2(C(=O)NCCCCCCCC(=O)NC(=O)C[C@H](N)C(=O)O)CC[C@]3(C)[C@H](CCC4[C@@]5(C)CC[C@H](O)C(C)(C)[C@@H]5CC[C@]43C)[C@@H]12. The fraction of sp³-hybridized carbons (Fsp3) is 0.857. The molecule has 0 aromatic rings. The number of imide groups is 1. The molecular weight excluding hydrogens is 642 g/mol. The van der Waals surface area contributed by atoms with Crippen molar-refractivity contribution >= 4 is 23.7 Å². The summed E-state index contributed by atoms with van der Waals surface area (Å²) < 4.78 is 0. The van der Waals surface area contributed by atoms with Crippen molar-refractivity contribution in [2.24, 2.45) is 62.4 Å². The van der Waals surface area contributed by atoms with Crippen LogP contribution in [-0.2, 0) is 19.2 Å². The van der Waals surface area contributed by atoms with E-state index in [0.717, 1.165) is 64.2 Å². The van der Waals surface area contributed by atoms with Crippen molar-refractivity contribution in [1.82, 2.24) is 10.6 Å². The first-order chi connectivity index (χ1) is 23.8. The lowest BCUT2D eigenvalue weighted by Crippen LogP contribution is -2.67. The van der Waals surface area contributed by atoms with Gasteiger partial charge in [0.15, 0.2) is 0 Å². The Morgan fingerprint density at radius 3 is 2.18 bits per heavy atom. The van der Waals surface area contributed by atoms with Crippen molar-refractivity contribution in [2.45, 2.75) is 163 Å². The van der Waals surface area contributed by atoms with Gasteiger partial charge in [0.1, 0.15) is 6.04 Å². The van der Waals surface area contributed by atoms with Crippen LogP contribution in [0.3, 0.4) is 0 Å². The van der Waals surface area contributed by atoms with E-state index in [2.05, 4.69) is 58.8 Å². The number of nitrogens with one attached hydrogen (secondary N) is 2. The molecule has 5 rings (SSSR count). The van der Waals surface area contributed by atoms with E-state index in [-0.39, 0.29) is 45.5 Å². The molecule has 9 heteroatoms. The maximum atomic E-state index is 14.4. The summed E-state index contributed by atoms with van der Waals surface area (Å²) in [6, 6.07) is -1.32. The Balaban J connectivity index is 1.17. The number of fused-ring (bicyclic) bond motifs is 7. The van der Waals surface area contributed by atoms with Gasteiger partial charge in [-0.05, 0) is 135 Å². The number of carboxylic acids is 1. The first-order valence-electron chi connectivity index (χ1n) is 20.3. The summed E-state index contributed by atoms with van der Waals surface area (Å²) in [4.78, 5) is 49.0. The van der Waals surface area contributed by atoms with Gasteiger partial charge in [-0.15, -0.1) is 0 Å². The van der Waals surface area contributed by atoms with Crippen LogP contribution in [0.1, 0.15) is 151 Å². The summed E-state index contributed by atoms with van der Waals surface area (Å²) in [5, 5.41) is 25.5. The normalized spacial score (nSPS) is 40.1. The van der Waals surface area contributed by atoms with Gasteiger partial charge in [-0.1, -0.05) is 66.0 Å². The molecule has 5 aliphatic rings. The highest BCUT2D eigenvalue weighted by Gasteiger charge is 2.71. The van der Waals surface area contributed by atoms with Gasteiger partial charge in [0.25, 0.3) is 0 Å². The largest absolute Gasteiger partial charge is 0.480 e. The van der Waals surface area contributed by atoms with E-state index in [1.165, 1.54) is 31.3 Å². The van der Waals surface area contributed by atoms with Gasteiger partial charge in [-0.2, -0.15) is 0 Å². The number of carbonyl (C=O) groups excluding carboxylic acids is 3. The van der Waals surface area contributed by atoms with Crippen molar-refractivity contribution in [1.29, 1.82) is 0 Å². The first kappa shape index (κ1) is 39.9. The zero-order chi connectivity index (χ0) is 37.6. The molecule has 288 valence electrons. The average Bonchev–Trinajstić information content (AvgIpc) is 3.46. The Morgan fingerprint density at radius 2 is 1.49 bits per heavy atom. The Bertz CT molecular complexity index is 1360. The maximum absolute atomic E-state index is 14.4. The quantitative estimate of drug-likeness (QED) is 0.103. The third-order valence-corrected chi connectivity index (χ3v) is 16.4.